The fourth-order valence-electron chi connectivity index (χ4n) is 9.39. The third-order valence-electron chi connectivity index (χ3n) is 12.2. The van der Waals surface area contributed by atoms with Gasteiger partial charge in [0, 0.05) is 57.6 Å². The van der Waals surface area contributed by atoms with Crippen LogP contribution < -0.4 is 0 Å². The summed E-state index contributed by atoms with van der Waals surface area (Å²) in [4.78, 5) is 29.9. The molecule has 0 fully saturated rings. The van der Waals surface area contributed by atoms with Crippen molar-refractivity contribution in [1.29, 1.82) is 0 Å². The molecule has 0 saturated heterocycles. The van der Waals surface area contributed by atoms with Crippen molar-refractivity contribution in [2.45, 2.75) is 11.8 Å². The highest BCUT2D eigenvalue weighted by atomic mass is 15.0. The SMILES string of the molecule is c1ccc(-c2nc(-c3ccc4c(c3)C3c5ccccc5C4c4cc(-c5nc(-c6ccccc6)nc(-c6ccccc6)n5)ccc43)cc(-c3ccccc3-c3ccncc3)n2)cc1. The Kier molecular flexibility index (Phi) is 8.52. The van der Waals surface area contributed by atoms with Crippen molar-refractivity contribution >= 4 is 0 Å². The summed E-state index contributed by atoms with van der Waals surface area (Å²) >= 11 is 0. The van der Waals surface area contributed by atoms with Crippen molar-refractivity contribution in [3.63, 3.8) is 0 Å². The molecule has 6 nitrogen and oxygen atoms in total. The number of hydrogen-bond acceptors (Lipinski definition) is 6. The molecule has 3 aromatic heterocycles. The second kappa shape index (κ2) is 14.8. The van der Waals surface area contributed by atoms with E-state index in [-0.39, 0.29) is 11.8 Å². The Morgan fingerprint density at radius 3 is 1.24 bits per heavy atom. The largest absolute Gasteiger partial charge is 0.265 e. The number of rotatable bonds is 7. The average molecular weight is 793 g/mol. The van der Waals surface area contributed by atoms with Gasteiger partial charge in [-0.05, 0) is 74.8 Å². The Morgan fingerprint density at radius 2 is 0.677 bits per heavy atom. The summed E-state index contributed by atoms with van der Waals surface area (Å²) < 4.78 is 0. The van der Waals surface area contributed by atoms with E-state index in [0.717, 1.165) is 55.9 Å². The van der Waals surface area contributed by atoms with Gasteiger partial charge in [0.15, 0.2) is 23.3 Å². The summed E-state index contributed by atoms with van der Waals surface area (Å²) in [6.07, 6.45) is 3.67. The van der Waals surface area contributed by atoms with Crippen molar-refractivity contribution < 1.29 is 0 Å². The van der Waals surface area contributed by atoms with Gasteiger partial charge in [-0.3, -0.25) is 4.98 Å². The van der Waals surface area contributed by atoms with E-state index in [1.807, 2.05) is 103 Å². The summed E-state index contributed by atoms with van der Waals surface area (Å²) in [6.45, 7) is 0. The van der Waals surface area contributed by atoms with E-state index in [4.69, 9.17) is 24.9 Å². The highest BCUT2D eigenvalue weighted by molar-refractivity contribution is 5.84. The topological polar surface area (TPSA) is 77.3 Å². The fourth-order valence-corrected chi connectivity index (χ4v) is 9.39. The third kappa shape index (κ3) is 6.11. The van der Waals surface area contributed by atoms with Crippen LogP contribution in [0.5, 0.6) is 0 Å². The zero-order valence-electron chi connectivity index (χ0n) is 33.5. The Labute approximate surface area is 359 Å². The van der Waals surface area contributed by atoms with Crippen molar-refractivity contribution in [1.82, 2.24) is 29.9 Å². The first-order chi connectivity index (χ1) is 30.7. The van der Waals surface area contributed by atoms with Crippen LogP contribution in [0.2, 0.25) is 0 Å². The molecule has 3 heterocycles. The quantitative estimate of drug-likeness (QED) is 0.160. The minimum atomic E-state index is 0.0484. The van der Waals surface area contributed by atoms with Gasteiger partial charge in [-0.1, -0.05) is 164 Å². The van der Waals surface area contributed by atoms with E-state index >= 15 is 0 Å². The molecule has 0 aliphatic heterocycles. The molecule has 10 aromatic rings. The summed E-state index contributed by atoms with van der Waals surface area (Å²) in [6, 6.07) is 67.9. The highest BCUT2D eigenvalue weighted by Gasteiger charge is 2.41. The second-order valence-electron chi connectivity index (χ2n) is 15.8. The molecule has 3 aliphatic rings. The predicted molar refractivity (Wildman–Crippen MR) is 246 cm³/mol. The highest BCUT2D eigenvalue weighted by Crippen LogP contribution is 2.56. The molecule has 2 unspecified atom stereocenters. The molecule has 6 heteroatoms. The van der Waals surface area contributed by atoms with Crippen LogP contribution in [-0.4, -0.2) is 29.9 Å². The standard InChI is InChI=1S/C56H36N6/c1-4-14-36(15-5-1)53-58-49(34-50(59-53)42-21-11-10-20-41(42)35-28-30-57-31-29-35)39-24-26-45-47(32-39)51-43-22-12-13-23-44(43)52(45)48-33-40(25-27-46(48)51)56-61-54(37-16-6-2-7-17-37)60-55(62-56)38-18-8-3-9-19-38/h1-34,51-52H. The third-order valence-corrected chi connectivity index (χ3v) is 12.2. The van der Waals surface area contributed by atoms with Gasteiger partial charge in [0.25, 0.3) is 0 Å². The summed E-state index contributed by atoms with van der Waals surface area (Å²) in [5.41, 5.74) is 17.8. The maximum Gasteiger partial charge on any atom is 0.164 e. The Balaban J connectivity index is 0.993. The van der Waals surface area contributed by atoms with E-state index in [1.54, 1.807) is 0 Å². The zero-order valence-corrected chi connectivity index (χ0v) is 33.5. The first-order valence-electron chi connectivity index (χ1n) is 20.9. The molecular weight excluding hydrogens is 757 g/mol. The van der Waals surface area contributed by atoms with Gasteiger partial charge in [-0.2, -0.15) is 0 Å². The lowest BCUT2D eigenvalue weighted by atomic mass is 9.60. The maximum absolute atomic E-state index is 5.26. The number of benzene rings is 7. The van der Waals surface area contributed by atoms with E-state index in [9.17, 15) is 0 Å². The molecule has 0 spiro atoms. The van der Waals surface area contributed by atoms with Crippen LogP contribution in [0.15, 0.2) is 207 Å². The van der Waals surface area contributed by atoms with E-state index in [2.05, 4.69) is 108 Å². The molecule has 0 radical (unpaired) electrons. The minimum Gasteiger partial charge on any atom is -0.265 e. The minimum absolute atomic E-state index is 0.0484. The van der Waals surface area contributed by atoms with Crippen molar-refractivity contribution in [3.8, 4) is 79.2 Å². The monoisotopic (exact) mass is 792 g/mol. The van der Waals surface area contributed by atoms with Gasteiger partial charge in [-0.15, -0.1) is 0 Å². The van der Waals surface area contributed by atoms with Crippen LogP contribution in [0.1, 0.15) is 45.2 Å². The Hall–Kier alpha value is -8.22. The zero-order chi connectivity index (χ0) is 41.0. The Morgan fingerprint density at radius 1 is 0.258 bits per heavy atom. The molecule has 290 valence electrons. The lowest BCUT2D eigenvalue weighted by Crippen LogP contribution is -2.27. The summed E-state index contributed by atoms with van der Waals surface area (Å²) in [5.74, 6) is 2.75. The first-order valence-corrected chi connectivity index (χ1v) is 20.9. The average Bonchev–Trinajstić information content (AvgIpc) is 3.36. The molecule has 0 saturated carbocycles. The summed E-state index contributed by atoms with van der Waals surface area (Å²) in [5, 5.41) is 0. The molecule has 0 N–H and O–H groups in total. The van der Waals surface area contributed by atoms with Crippen molar-refractivity contribution in [3.05, 3.63) is 240 Å². The van der Waals surface area contributed by atoms with Gasteiger partial charge in [0.05, 0.1) is 11.4 Å². The van der Waals surface area contributed by atoms with Crippen LogP contribution in [0.4, 0.5) is 0 Å². The van der Waals surface area contributed by atoms with Crippen LogP contribution in [-0.2, 0) is 0 Å². The van der Waals surface area contributed by atoms with Crippen LogP contribution in [0, 0.1) is 0 Å². The predicted octanol–water partition coefficient (Wildman–Crippen LogP) is 12.7. The number of nitrogens with zero attached hydrogens (tertiary/aromatic N) is 6. The van der Waals surface area contributed by atoms with Gasteiger partial charge in [0.1, 0.15) is 0 Å². The van der Waals surface area contributed by atoms with Crippen LogP contribution in [0.25, 0.3) is 79.2 Å². The number of pyridine rings is 1. The van der Waals surface area contributed by atoms with Crippen molar-refractivity contribution in [2.24, 2.45) is 0 Å². The van der Waals surface area contributed by atoms with Gasteiger partial charge in [0.2, 0.25) is 0 Å². The normalized spacial score (nSPS) is 14.5. The van der Waals surface area contributed by atoms with Crippen molar-refractivity contribution in [2.75, 3.05) is 0 Å². The number of hydrogen-bond donors (Lipinski definition) is 0. The van der Waals surface area contributed by atoms with Gasteiger partial charge >= 0.3 is 0 Å². The van der Waals surface area contributed by atoms with Crippen LogP contribution >= 0.6 is 0 Å². The van der Waals surface area contributed by atoms with E-state index < -0.39 is 0 Å². The van der Waals surface area contributed by atoms with Crippen LogP contribution in [0.3, 0.4) is 0 Å². The lowest BCUT2D eigenvalue weighted by Gasteiger charge is -2.42. The molecule has 2 atom stereocenters. The first kappa shape index (κ1) is 35.7. The lowest BCUT2D eigenvalue weighted by molar-refractivity contribution is 0.754. The van der Waals surface area contributed by atoms with E-state index in [1.165, 1.54) is 33.4 Å². The Bertz CT molecular complexity index is 3240. The molecule has 0 amide bonds. The smallest absolute Gasteiger partial charge is 0.164 e. The molecule has 2 bridgehead atoms. The second-order valence-corrected chi connectivity index (χ2v) is 15.8. The molecule has 62 heavy (non-hydrogen) atoms. The summed E-state index contributed by atoms with van der Waals surface area (Å²) in [7, 11) is 0. The molecule has 3 aliphatic carbocycles. The van der Waals surface area contributed by atoms with E-state index in [0.29, 0.717) is 23.3 Å². The fraction of sp³-hybridized carbons (Fsp3) is 0.0357. The van der Waals surface area contributed by atoms with Gasteiger partial charge in [-0.25, -0.2) is 24.9 Å². The number of aromatic nitrogens is 6. The maximum atomic E-state index is 5.26. The molecule has 13 rings (SSSR count). The molecular formula is C56H36N6. The van der Waals surface area contributed by atoms with Gasteiger partial charge < -0.3 is 0 Å². The molecule has 7 aromatic carbocycles.